The highest BCUT2D eigenvalue weighted by atomic mass is 16.5. The van der Waals surface area contributed by atoms with Gasteiger partial charge in [-0.25, -0.2) is 4.79 Å². The predicted octanol–water partition coefficient (Wildman–Crippen LogP) is 1.60. The van der Waals surface area contributed by atoms with Crippen LogP contribution < -0.4 is 10.1 Å². The minimum atomic E-state index is -1.30. The normalized spacial score (nSPS) is 10.9. The van der Waals surface area contributed by atoms with Crippen LogP contribution in [0.25, 0.3) is 0 Å². The first-order chi connectivity index (χ1) is 8.27. The highest BCUT2D eigenvalue weighted by Crippen LogP contribution is 2.18. The largest absolute Gasteiger partial charge is 0.496 e. The SMILES string of the molecule is COc1ccc(C(=O)NC(C)(C)C(=O)O)cc1C. The number of carbonyl (C=O) groups excluding carboxylic acids is 1. The van der Waals surface area contributed by atoms with Crippen LogP contribution >= 0.6 is 0 Å². The molecule has 0 aliphatic heterocycles. The number of methoxy groups -OCH3 is 1. The van der Waals surface area contributed by atoms with E-state index in [1.807, 2.05) is 6.92 Å². The van der Waals surface area contributed by atoms with Crippen molar-refractivity contribution < 1.29 is 19.4 Å². The summed E-state index contributed by atoms with van der Waals surface area (Å²) in [6.07, 6.45) is 0. The van der Waals surface area contributed by atoms with E-state index in [0.29, 0.717) is 11.3 Å². The Bertz CT molecular complexity index is 480. The fourth-order valence-electron chi connectivity index (χ4n) is 1.43. The second kappa shape index (κ2) is 5.08. The standard InChI is InChI=1S/C13H17NO4/c1-8-7-9(5-6-10(8)18-4)11(15)14-13(2,3)12(16)17/h5-7H,1-4H3,(H,14,15)(H,16,17). The number of aryl methyl sites for hydroxylation is 1. The molecule has 0 radical (unpaired) electrons. The highest BCUT2D eigenvalue weighted by molar-refractivity contribution is 5.97. The van der Waals surface area contributed by atoms with Gasteiger partial charge >= 0.3 is 5.97 Å². The first kappa shape index (κ1) is 14.0. The maximum absolute atomic E-state index is 11.9. The van der Waals surface area contributed by atoms with Gasteiger partial charge in [-0.2, -0.15) is 0 Å². The third-order valence-electron chi connectivity index (χ3n) is 2.62. The van der Waals surface area contributed by atoms with Crippen LogP contribution in [-0.2, 0) is 4.79 Å². The number of rotatable bonds is 4. The fourth-order valence-corrected chi connectivity index (χ4v) is 1.43. The van der Waals surface area contributed by atoms with Crippen molar-refractivity contribution in [2.45, 2.75) is 26.3 Å². The molecule has 0 heterocycles. The molecule has 0 aromatic heterocycles. The average Bonchev–Trinajstić information content (AvgIpc) is 2.28. The van der Waals surface area contributed by atoms with Gasteiger partial charge in [0, 0.05) is 5.56 Å². The summed E-state index contributed by atoms with van der Waals surface area (Å²) in [5.41, 5.74) is -0.0776. The molecule has 0 aliphatic rings. The van der Waals surface area contributed by atoms with Crippen molar-refractivity contribution in [2.75, 3.05) is 7.11 Å². The molecule has 0 fully saturated rings. The molecule has 1 aromatic rings. The number of ether oxygens (including phenoxy) is 1. The van der Waals surface area contributed by atoms with Crippen LogP contribution in [-0.4, -0.2) is 29.6 Å². The Kier molecular flexibility index (Phi) is 3.96. The molecule has 5 heteroatoms. The van der Waals surface area contributed by atoms with Crippen LogP contribution in [0.5, 0.6) is 5.75 Å². The number of carboxylic acids is 1. The molecule has 0 aliphatic carbocycles. The maximum atomic E-state index is 11.9. The van der Waals surface area contributed by atoms with Gasteiger partial charge in [0.15, 0.2) is 0 Å². The van der Waals surface area contributed by atoms with Crippen LogP contribution in [0.4, 0.5) is 0 Å². The Morgan fingerprint density at radius 1 is 1.33 bits per heavy atom. The zero-order valence-corrected chi connectivity index (χ0v) is 10.9. The van der Waals surface area contributed by atoms with Crippen molar-refractivity contribution in [3.63, 3.8) is 0 Å². The van der Waals surface area contributed by atoms with E-state index < -0.39 is 17.4 Å². The summed E-state index contributed by atoms with van der Waals surface area (Å²) in [5.74, 6) is -0.821. The fraction of sp³-hybridized carbons (Fsp3) is 0.385. The number of nitrogens with one attached hydrogen (secondary N) is 1. The topological polar surface area (TPSA) is 75.6 Å². The van der Waals surface area contributed by atoms with Crippen LogP contribution in [0, 0.1) is 6.92 Å². The first-order valence-electron chi connectivity index (χ1n) is 5.48. The van der Waals surface area contributed by atoms with Crippen LogP contribution in [0.2, 0.25) is 0 Å². The quantitative estimate of drug-likeness (QED) is 0.852. The molecule has 98 valence electrons. The van der Waals surface area contributed by atoms with Gasteiger partial charge in [0.05, 0.1) is 7.11 Å². The van der Waals surface area contributed by atoms with E-state index >= 15 is 0 Å². The van der Waals surface area contributed by atoms with Gasteiger partial charge in [0.2, 0.25) is 0 Å². The summed E-state index contributed by atoms with van der Waals surface area (Å²) in [5, 5.41) is 11.4. The van der Waals surface area contributed by atoms with Gasteiger partial charge in [-0.3, -0.25) is 4.79 Å². The lowest BCUT2D eigenvalue weighted by Gasteiger charge is -2.21. The summed E-state index contributed by atoms with van der Waals surface area (Å²) in [4.78, 5) is 22.8. The lowest BCUT2D eigenvalue weighted by molar-refractivity contribution is -0.143. The number of hydrogen-bond acceptors (Lipinski definition) is 3. The van der Waals surface area contributed by atoms with Gasteiger partial charge in [-0.05, 0) is 44.5 Å². The number of benzene rings is 1. The van der Waals surface area contributed by atoms with Crippen molar-refractivity contribution in [2.24, 2.45) is 0 Å². The summed E-state index contributed by atoms with van der Waals surface area (Å²) in [7, 11) is 1.55. The van der Waals surface area contributed by atoms with Crippen molar-refractivity contribution in [3.05, 3.63) is 29.3 Å². The van der Waals surface area contributed by atoms with Crippen LogP contribution in [0.3, 0.4) is 0 Å². The van der Waals surface area contributed by atoms with Gasteiger partial charge in [0.1, 0.15) is 11.3 Å². The first-order valence-corrected chi connectivity index (χ1v) is 5.48. The molecule has 18 heavy (non-hydrogen) atoms. The van der Waals surface area contributed by atoms with E-state index in [0.717, 1.165) is 5.56 Å². The minimum Gasteiger partial charge on any atom is -0.496 e. The second-order valence-corrected chi connectivity index (χ2v) is 4.57. The van der Waals surface area contributed by atoms with E-state index in [4.69, 9.17) is 9.84 Å². The Labute approximate surface area is 106 Å². The van der Waals surface area contributed by atoms with Crippen LogP contribution in [0.1, 0.15) is 29.8 Å². The van der Waals surface area contributed by atoms with Crippen LogP contribution in [0.15, 0.2) is 18.2 Å². The van der Waals surface area contributed by atoms with Gasteiger partial charge < -0.3 is 15.2 Å². The number of carbonyl (C=O) groups is 2. The van der Waals surface area contributed by atoms with Crippen molar-refractivity contribution >= 4 is 11.9 Å². The molecule has 2 N–H and O–H groups in total. The molecular formula is C13H17NO4. The lowest BCUT2D eigenvalue weighted by atomic mass is 10.0. The molecule has 1 rings (SSSR count). The summed E-state index contributed by atoms with van der Waals surface area (Å²) >= 11 is 0. The molecule has 0 bridgehead atoms. The van der Waals surface area contributed by atoms with Gasteiger partial charge in [-0.1, -0.05) is 0 Å². The molecule has 1 aromatic carbocycles. The third-order valence-corrected chi connectivity index (χ3v) is 2.62. The van der Waals surface area contributed by atoms with E-state index in [-0.39, 0.29) is 0 Å². The molecule has 0 saturated heterocycles. The third kappa shape index (κ3) is 3.00. The number of carboxylic acid groups (broad SMARTS) is 1. The van der Waals surface area contributed by atoms with Crippen molar-refractivity contribution in [1.82, 2.24) is 5.32 Å². The molecular weight excluding hydrogens is 234 g/mol. The molecule has 0 atom stereocenters. The molecule has 5 nitrogen and oxygen atoms in total. The second-order valence-electron chi connectivity index (χ2n) is 4.57. The predicted molar refractivity (Wildman–Crippen MR) is 66.9 cm³/mol. The van der Waals surface area contributed by atoms with Crippen molar-refractivity contribution in [3.8, 4) is 5.75 Å². The minimum absolute atomic E-state index is 0.405. The molecule has 1 amide bonds. The maximum Gasteiger partial charge on any atom is 0.328 e. The van der Waals surface area contributed by atoms with E-state index in [9.17, 15) is 9.59 Å². The Morgan fingerprint density at radius 3 is 2.39 bits per heavy atom. The van der Waals surface area contributed by atoms with Gasteiger partial charge in [-0.15, -0.1) is 0 Å². The average molecular weight is 251 g/mol. The lowest BCUT2D eigenvalue weighted by Crippen LogP contribution is -2.49. The molecule has 0 saturated carbocycles. The van der Waals surface area contributed by atoms with E-state index in [1.54, 1.807) is 25.3 Å². The number of hydrogen-bond donors (Lipinski definition) is 2. The van der Waals surface area contributed by atoms with E-state index in [2.05, 4.69) is 5.32 Å². The summed E-state index contributed by atoms with van der Waals surface area (Å²) in [6, 6.07) is 4.93. The molecule has 0 spiro atoms. The zero-order valence-electron chi connectivity index (χ0n) is 10.9. The number of aliphatic carboxylic acids is 1. The molecule has 0 unspecified atom stereocenters. The Balaban J connectivity index is 2.92. The highest BCUT2D eigenvalue weighted by Gasteiger charge is 2.29. The number of amides is 1. The van der Waals surface area contributed by atoms with Crippen molar-refractivity contribution in [1.29, 1.82) is 0 Å². The van der Waals surface area contributed by atoms with Gasteiger partial charge in [0.25, 0.3) is 5.91 Å². The van der Waals surface area contributed by atoms with E-state index in [1.165, 1.54) is 13.8 Å². The smallest absolute Gasteiger partial charge is 0.328 e. The Morgan fingerprint density at radius 2 is 1.94 bits per heavy atom. The monoisotopic (exact) mass is 251 g/mol. The summed E-state index contributed by atoms with van der Waals surface area (Å²) in [6.45, 7) is 4.69. The Hall–Kier alpha value is -2.04. The summed E-state index contributed by atoms with van der Waals surface area (Å²) < 4.78 is 5.09. The zero-order chi connectivity index (χ0) is 13.9.